The van der Waals surface area contributed by atoms with Crippen molar-refractivity contribution in [3.8, 4) is 11.5 Å². The Kier molecular flexibility index (Phi) is 3.54. The highest BCUT2D eigenvalue weighted by atomic mass is 79.9. The summed E-state index contributed by atoms with van der Waals surface area (Å²) in [5.74, 6) is 0.334. The first-order valence-corrected chi connectivity index (χ1v) is 5.95. The number of nitrogens with zero attached hydrogens (tertiary/aromatic N) is 2. The fraction of sp³-hybridized carbons (Fsp3) is 0.273. The molecule has 0 aliphatic heterocycles. The van der Waals surface area contributed by atoms with Gasteiger partial charge in [0.15, 0.2) is 5.82 Å². The van der Waals surface area contributed by atoms with Gasteiger partial charge in [-0.2, -0.15) is 4.98 Å². The van der Waals surface area contributed by atoms with Crippen molar-refractivity contribution in [1.82, 2.24) is 10.1 Å². The Bertz CT molecular complexity index is 509. The molecule has 6 heteroatoms. The summed E-state index contributed by atoms with van der Waals surface area (Å²) in [7, 11) is 0. The van der Waals surface area contributed by atoms with Gasteiger partial charge in [-0.1, -0.05) is 28.0 Å². The standard InChI is InChI=1S/C11H11BrFN3O/c1-2-9(14)10-15-11(17-16-10)6-3-7(12)5-8(13)4-6/h3-5,9H,2,14H2,1H3. The first kappa shape index (κ1) is 12.2. The third-order valence-corrected chi connectivity index (χ3v) is 2.78. The summed E-state index contributed by atoms with van der Waals surface area (Å²) in [5, 5.41) is 3.77. The third kappa shape index (κ3) is 2.70. The van der Waals surface area contributed by atoms with Gasteiger partial charge in [-0.05, 0) is 24.6 Å². The quantitative estimate of drug-likeness (QED) is 0.946. The molecule has 0 bridgehead atoms. The Hall–Kier alpha value is -1.27. The lowest BCUT2D eigenvalue weighted by atomic mass is 10.2. The molecular weight excluding hydrogens is 289 g/mol. The summed E-state index contributed by atoms with van der Waals surface area (Å²) in [6.45, 7) is 1.93. The van der Waals surface area contributed by atoms with Crippen LogP contribution in [0.5, 0.6) is 0 Å². The van der Waals surface area contributed by atoms with Crippen molar-refractivity contribution >= 4 is 15.9 Å². The summed E-state index contributed by atoms with van der Waals surface area (Å²) in [5.41, 5.74) is 6.30. The molecule has 0 saturated heterocycles. The van der Waals surface area contributed by atoms with E-state index in [1.54, 1.807) is 6.07 Å². The first-order valence-electron chi connectivity index (χ1n) is 5.15. The number of rotatable bonds is 3. The van der Waals surface area contributed by atoms with Gasteiger partial charge in [-0.25, -0.2) is 4.39 Å². The minimum absolute atomic E-state index is 0.260. The van der Waals surface area contributed by atoms with Gasteiger partial charge in [-0.15, -0.1) is 0 Å². The monoisotopic (exact) mass is 299 g/mol. The molecule has 17 heavy (non-hydrogen) atoms. The molecule has 0 saturated carbocycles. The molecule has 0 aliphatic carbocycles. The minimum atomic E-state index is -0.367. The lowest BCUT2D eigenvalue weighted by Gasteiger charge is -1.99. The highest BCUT2D eigenvalue weighted by Crippen LogP contribution is 2.24. The Morgan fingerprint density at radius 3 is 2.88 bits per heavy atom. The fourth-order valence-electron chi connectivity index (χ4n) is 1.36. The van der Waals surface area contributed by atoms with E-state index in [0.717, 1.165) is 0 Å². The number of halogens is 2. The predicted octanol–water partition coefficient (Wildman–Crippen LogP) is 3.05. The molecule has 0 radical (unpaired) electrons. The van der Waals surface area contributed by atoms with Gasteiger partial charge in [0.1, 0.15) is 5.82 Å². The average Bonchev–Trinajstić information content (AvgIpc) is 2.76. The molecule has 1 aromatic heterocycles. The van der Waals surface area contributed by atoms with Gasteiger partial charge in [0, 0.05) is 10.0 Å². The molecule has 0 aliphatic rings. The van der Waals surface area contributed by atoms with Crippen LogP contribution in [0.1, 0.15) is 25.2 Å². The van der Waals surface area contributed by atoms with Crippen LogP contribution in [0, 0.1) is 5.82 Å². The fourth-order valence-corrected chi connectivity index (χ4v) is 1.83. The van der Waals surface area contributed by atoms with Crippen molar-refractivity contribution < 1.29 is 8.91 Å². The molecule has 0 amide bonds. The maximum atomic E-state index is 13.2. The number of nitrogens with two attached hydrogens (primary N) is 1. The van der Waals surface area contributed by atoms with E-state index >= 15 is 0 Å². The van der Waals surface area contributed by atoms with Crippen LogP contribution in [0.2, 0.25) is 0 Å². The highest BCUT2D eigenvalue weighted by molar-refractivity contribution is 9.10. The zero-order chi connectivity index (χ0) is 12.4. The molecule has 1 unspecified atom stereocenters. The Morgan fingerprint density at radius 2 is 2.24 bits per heavy atom. The number of hydrogen-bond acceptors (Lipinski definition) is 4. The Morgan fingerprint density at radius 1 is 1.47 bits per heavy atom. The second-order valence-corrected chi connectivity index (χ2v) is 4.55. The molecule has 1 atom stereocenters. The van der Waals surface area contributed by atoms with E-state index in [0.29, 0.717) is 22.3 Å². The van der Waals surface area contributed by atoms with Crippen LogP contribution in [0.15, 0.2) is 27.2 Å². The van der Waals surface area contributed by atoms with E-state index in [1.807, 2.05) is 6.92 Å². The van der Waals surface area contributed by atoms with E-state index < -0.39 is 0 Å². The summed E-state index contributed by atoms with van der Waals surface area (Å²) in [4.78, 5) is 4.14. The second-order valence-electron chi connectivity index (χ2n) is 3.63. The van der Waals surface area contributed by atoms with Crippen LogP contribution in [0.4, 0.5) is 4.39 Å². The Labute approximate surface area is 106 Å². The van der Waals surface area contributed by atoms with E-state index in [9.17, 15) is 4.39 Å². The van der Waals surface area contributed by atoms with Crippen molar-refractivity contribution in [3.63, 3.8) is 0 Å². The van der Waals surface area contributed by atoms with Crippen molar-refractivity contribution in [1.29, 1.82) is 0 Å². The molecule has 2 N–H and O–H groups in total. The normalized spacial score (nSPS) is 12.7. The van der Waals surface area contributed by atoms with Crippen LogP contribution in [0.25, 0.3) is 11.5 Å². The van der Waals surface area contributed by atoms with Gasteiger partial charge in [0.25, 0.3) is 5.89 Å². The van der Waals surface area contributed by atoms with Crippen LogP contribution in [0.3, 0.4) is 0 Å². The van der Waals surface area contributed by atoms with Crippen molar-refractivity contribution in [2.24, 2.45) is 5.73 Å². The molecule has 1 aromatic carbocycles. The topological polar surface area (TPSA) is 64.9 Å². The zero-order valence-corrected chi connectivity index (χ0v) is 10.7. The van der Waals surface area contributed by atoms with E-state index in [1.165, 1.54) is 12.1 Å². The molecule has 2 aromatic rings. The summed E-state index contributed by atoms with van der Waals surface area (Å²) in [6.07, 6.45) is 0.714. The summed E-state index contributed by atoms with van der Waals surface area (Å²) < 4.78 is 18.9. The molecule has 0 spiro atoms. The maximum Gasteiger partial charge on any atom is 0.258 e. The molecule has 1 heterocycles. The summed E-state index contributed by atoms with van der Waals surface area (Å²) in [6, 6.07) is 4.14. The SMILES string of the molecule is CCC(N)c1noc(-c2cc(F)cc(Br)c2)n1. The van der Waals surface area contributed by atoms with Crippen molar-refractivity contribution in [2.75, 3.05) is 0 Å². The van der Waals surface area contributed by atoms with Gasteiger partial charge < -0.3 is 10.3 Å². The van der Waals surface area contributed by atoms with Crippen LogP contribution in [-0.4, -0.2) is 10.1 Å². The minimum Gasteiger partial charge on any atom is -0.334 e. The largest absolute Gasteiger partial charge is 0.334 e. The van der Waals surface area contributed by atoms with Crippen molar-refractivity contribution in [3.05, 3.63) is 34.3 Å². The number of benzene rings is 1. The molecule has 0 fully saturated rings. The van der Waals surface area contributed by atoms with E-state index in [2.05, 4.69) is 26.1 Å². The predicted molar refractivity (Wildman–Crippen MR) is 64.6 cm³/mol. The molecule has 2 rings (SSSR count). The molecule has 4 nitrogen and oxygen atoms in total. The smallest absolute Gasteiger partial charge is 0.258 e. The molecule has 90 valence electrons. The number of aromatic nitrogens is 2. The lowest BCUT2D eigenvalue weighted by Crippen LogP contribution is -2.10. The van der Waals surface area contributed by atoms with E-state index in [-0.39, 0.29) is 17.7 Å². The molecular formula is C11H11BrFN3O. The van der Waals surface area contributed by atoms with E-state index in [4.69, 9.17) is 10.3 Å². The number of hydrogen-bond donors (Lipinski definition) is 1. The average molecular weight is 300 g/mol. The van der Waals surface area contributed by atoms with Gasteiger partial charge >= 0.3 is 0 Å². The highest BCUT2D eigenvalue weighted by Gasteiger charge is 2.14. The van der Waals surface area contributed by atoms with Gasteiger partial charge in [-0.3, -0.25) is 0 Å². The van der Waals surface area contributed by atoms with Crippen LogP contribution in [-0.2, 0) is 0 Å². The third-order valence-electron chi connectivity index (χ3n) is 2.32. The second kappa shape index (κ2) is 4.93. The van der Waals surface area contributed by atoms with Crippen LogP contribution >= 0.6 is 15.9 Å². The first-order chi connectivity index (χ1) is 8.10. The van der Waals surface area contributed by atoms with Crippen LogP contribution < -0.4 is 5.73 Å². The lowest BCUT2D eigenvalue weighted by molar-refractivity contribution is 0.415. The van der Waals surface area contributed by atoms with Gasteiger partial charge in [0.05, 0.1) is 6.04 Å². The Balaban J connectivity index is 2.36. The van der Waals surface area contributed by atoms with Crippen molar-refractivity contribution in [2.45, 2.75) is 19.4 Å². The summed E-state index contributed by atoms with van der Waals surface area (Å²) >= 11 is 3.21. The van der Waals surface area contributed by atoms with Gasteiger partial charge in [0.2, 0.25) is 0 Å². The maximum absolute atomic E-state index is 13.2. The zero-order valence-electron chi connectivity index (χ0n) is 9.15.